The Morgan fingerprint density at radius 2 is 1.90 bits per heavy atom. The minimum absolute atomic E-state index is 0.0101. The number of carbonyl (C=O) groups excluding carboxylic acids is 2. The van der Waals surface area contributed by atoms with Crippen molar-refractivity contribution in [2.24, 2.45) is 5.92 Å². The fourth-order valence-electron chi connectivity index (χ4n) is 4.00. The highest BCUT2D eigenvalue weighted by Crippen LogP contribution is 2.36. The summed E-state index contributed by atoms with van der Waals surface area (Å²) in [5.41, 5.74) is 1.95. The van der Waals surface area contributed by atoms with Gasteiger partial charge in [-0.25, -0.2) is 0 Å². The molecule has 0 unspecified atom stereocenters. The molecule has 0 spiro atoms. The predicted octanol–water partition coefficient (Wildman–Crippen LogP) is 4.37. The van der Waals surface area contributed by atoms with Crippen LogP contribution in [0.4, 0.5) is 0 Å². The molecule has 0 saturated heterocycles. The van der Waals surface area contributed by atoms with Crippen molar-refractivity contribution in [3.63, 3.8) is 0 Å². The van der Waals surface area contributed by atoms with E-state index in [1.54, 1.807) is 11.0 Å². The topological polar surface area (TPSA) is 45.6 Å². The summed E-state index contributed by atoms with van der Waals surface area (Å²) in [5.74, 6) is 0.144. The molecule has 0 N–H and O–H groups in total. The predicted molar refractivity (Wildman–Crippen MR) is 114 cm³/mol. The highest BCUT2D eigenvalue weighted by atomic mass is 35.5. The fraction of sp³-hybridized carbons (Fsp3) is 0.455. The summed E-state index contributed by atoms with van der Waals surface area (Å²) in [4.78, 5) is 29.7. The number of hydrogen-bond donors (Lipinski definition) is 0. The van der Waals surface area contributed by atoms with Crippen molar-refractivity contribution in [3.8, 4) is 0 Å². The largest absolute Gasteiger partial charge is 0.348 e. The van der Waals surface area contributed by atoms with E-state index in [0.717, 1.165) is 30.6 Å². The lowest BCUT2D eigenvalue weighted by molar-refractivity contribution is -0.144. The molecule has 0 radical (unpaired) electrons. The zero-order chi connectivity index (χ0) is 20.7. The summed E-state index contributed by atoms with van der Waals surface area (Å²) in [5, 5.41) is 0.952. The molecule has 29 heavy (non-hydrogen) atoms. The lowest BCUT2D eigenvalue weighted by Crippen LogP contribution is -2.49. The smallest absolute Gasteiger partial charge is 0.243 e. The van der Waals surface area contributed by atoms with Crippen LogP contribution in [0.1, 0.15) is 44.0 Å². The van der Waals surface area contributed by atoms with Gasteiger partial charge in [0.2, 0.25) is 11.8 Å². The standard InChI is InChI=1S/C22H25Cl2N3O2/c1-14(2)27(22(29)15-5-6-15)13-20(28)26-11-10-25-9-3-4-19(25)21(26)16-7-8-17(23)18(24)12-16/h3-4,7-9,12,14-15,21H,5-6,10-11,13H2,1-2H3/t21-/m0/s1. The van der Waals surface area contributed by atoms with Crippen LogP contribution in [0.5, 0.6) is 0 Å². The Bertz CT molecular complexity index is 936. The number of benzene rings is 1. The molecule has 2 aromatic rings. The van der Waals surface area contributed by atoms with E-state index in [1.165, 1.54) is 0 Å². The summed E-state index contributed by atoms with van der Waals surface area (Å²) in [6.07, 6.45) is 3.89. The van der Waals surface area contributed by atoms with Gasteiger partial charge in [0, 0.05) is 36.9 Å². The molecule has 7 heteroatoms. The van der Waals surface area contributed by atoms with E-state index in [9.17, 15) is 9.59 Å². The van der Waals surface area contributed by atoms with Gasteiger partial charge in [0.15, 0.2) is 0 Å². The zero-order valence-corrected chi connectivity index (χ0v) is 18.2. The van der Waals surface area contributed by atoms with Gasteiger partial charge in [-0.1, -0.05) is 29.3 Å². The van der Waals surface area contributed by atoms with Crippen molar-refractivity contribution in [1.29, 1.82) is 0 Å². The van der Waals surface area contributed by atoms with Gasteiger partial charge in [-0.15, -0.1) is 0 Å². The first-order valence-corrected chi connectivity index (χ1v) is 10.8. The number of aromatic nitrogens is 1. The molecule has 1 saturated carbocycles. The quantitative estimate of drug-likeness (QED) is 0.702. The number of carbonyl (C=O) groups is 2. The van der Waals surface area contributed by atoms with Crippen molar-refractivity contribution in [1.82, 2.24) is 14.4 Å². The van der Waals surface area contributed by atoms with Crippen LogP contribution in [0.25, 0.3) is 0 Å². The third-order valence-corrected chi connectivity index (χ3v) is 6.50. The van der Waals surface area contributed by atoms with E-state index in [1.807, 2.05) is 49.2 Å². The number of amides is 2. The molecule has 2 heterocycles. The average molecular weight is 434 g/mol. The lowest BCUT2D eigenvalue weighted by atomic mass is 9.99. The van der Waals surface area contributed by atoms with E-state index in [0.29, 0.717) is 16.6 Å². The Morgan fingerprint density at radius 1 is 1.14 bits per heavy atom. The van der Waals surface area contributed by atoms with Gasteiger partial charge in [-0.05, 0) is 56.5 Å². The average Bonchev–Trinajstić information content (AvgIpc) is 3.43. The number of rotatable bonds is 5. The Hall–Kier alpha value is -1.98. The van der Waals surface area contributed by atoms with Crippen LogP contribution in [0.2, 0.25) is 10.0 Å². The number of fused-ring (bicyclic) bond motifs is 1. The Balaban J connectivity index is 1.64. The van der Waals surface area contributed by atoms with Crippen molar-refractivity contribution in [3.05, 3.63) is 57.8 Å². The normalized spacial score (nSPS) is 18.7. The van der Waals surface area contributed by atoms with Gasteiger partial charge >= 0.3 is 0 Å². The van der Waals surface area contributed by atoms with Gasteiger partial charge in [-0.2, -0.15) is 0 Å². The fourth-order valence-corrected chi connectivity index (χ4v) is 4.31. The molecule has 1 aliphatic carbocycles. The monoisotopic (exact) mass is 433 g/mol. The number of hydrogen-bond acceptors (Lipinski definition) is 2. The lowest BCUT2D eigenvalue weighted by Gasteiger charge is -2.39. The van der Waals surface area contributed by atoms with E-state index in [-0.39, 0.29) is 36.4 Å². The molecule has 4 rings (SSSR count). The van der Waals surface area contributed by atoms with E-state index >= 15 is 0 Å². The third-order valence-electron chi connectivity index (χ3n) is 5.76. The summed E-state index contributed by atoms with van der Waals surface area (Å²) < 4.78 is 2.16. The SMILES string of the molecule is CC(C)N(CC(=O)N1CCn2cccc2[C@@H]1c1ccc(Cl)c(Cl)c1)C(=O)C1CC1. The highest BCUT2D eigenvalue weighted by Gasteiger charge is 2.38. The number of nitrogens with zero attached hydrogens (tertiary/aromatic N) is 3. The molecule has 0 bridgehead atoms. The first-order chi connectivity index (χ1) is 13.9. The molecule has 5 nitrogen and oxygen atoms in total. The van der Waals surface area contributed by atoms with E-state index in [4.69, 9.17) is 23.2 Å². The first kappa shape index (κ1) is 20.3. The van der Waals surface area contributed by atoms with Gasteiger partial charge in [0.25, 0.3) is 0 Å². The number of halogens is 2. The van der Waals surface area contributed by atoms with Crippen LogP contribution >= 0.6 is 23.2 Å². The van der Waals surface area contributed by atoms with E-state index in [2.05, 4.69) is 4.57 Å². The molecule has 2 amide bonds. The molecule has 2 aliphatic rings. The summed E-state index contributed by atoms with van der Waals surface area (Å²) in [7, 11) is 0. The van der Waals surface area contributed by atoms with E-state index < -0.39 is 0 Å². The van der Waals surface area contributed by atoms with Crippen LogP contribution < -0.4 is 0 Å². The van der Waals surface area contributed by atoms with Crippen LogP contribution in [0, 0.1) is 5.92 Å². The Kier molecular flexibility index (Phi) is 5.63. The van der Waals surface area contributed by atoms with Gasteiger partial charge < -0.3 is 14.4 Å². The summed E-state index contributed by atoms with van der Waals surface area (Å²) >= 11 is 12.4. The van der Waals surface area contributed by atoms with Crippen molar-refractivity contribution < 1.29 is 9.59 Å². The van der Waals surface area contributed by atoms with Crippen LogP contribution in [-0.4, -0.2) is 45.3 Å². The van der Waals surface area contributed by atoms with Crippen molar-refractivity contribution in [2.75, 3.05) is 13.1 Å². The summed E-state index contributed by atoms with van der Waals surface area (Å²) in [6.45, 7) is 5.33. The molecule has 1 aromatic heterocycles. The minimum atomic E-state index is -0.258. The molecule has 1 aliphatic heterocycles. The minimum Gasteiger partial charge on any atom is -0.348 e. The molecular weight excluding hydrogens is 409 g/mol. The second-order valence-electron chi connectivity index (χ2n) is 8.12. The maximum atomic E-state index is 13.4. The Labute approximate surface area is 181 Å². The van der Waals surface area contributed by atoms with Gasteiger partial charge in [0.05, 0.1) is 16.1 Å². The molecular formula is C22H25Cl2N3O2. The third kappa shape index (κ3) is 4.03. The van der Waals surface area contributed by atoms with Crippen molar-refractivity contribution in [2.45, 2.75) is 45.3 Å². The second kappa shape index (κ2) is 8.04. The van der Waals surface area contributed by atoms with Crippen molar-refractivity contribution >= 4 is 35.0 Å². The zero-order valence-electron chi connectivity index (χ0n) is 16.6. The van der Waals surface area contributed by atoms with Gasteiger partial charge in [-0.3, -0.25) is 9.59 Å². The maximum Gasteiger partial charge on any atom is 0.243 e. The highest BCUT2D eigenvalue weighted by molar-refractivity contribution is 6.42. The molecule has 1 aromatic carbocycles. The Morgan fingerprint density at radius 3 is 2.55 bits per heavy atom. The summed E-state index contributed by atoms with van der Waals surface area (Å²) in [6, 6.07) is 9.26. The maximum absolute atomic E-state index is 13.4. The van der Waals surface area contributed by atoms with Crippen LogP contribution in [0.15, 0.2) is 36.5 Å². The second-order valence-corrected chi connectivity index (χ2v) is 8.94. The molecule has 1 atom stereocenters. The van der Waals surface area contributed by atoms with Crippen LogP contribution in [0.3, 0.4) is 0 Å². The molecule has 154 valence electrons. The van der Waals surface area contributed by atoms with Gasteiger partial charge in [0.1, 0.15) is 6.54 Å². The van der Waals surface area contributed by atoms with Crippen LogP contribution in [-0.2, 0) is 16.1 Å². The first-order valence-electron chi connectivity index (χ1n) is 10.1. The molecule has 1 fully saturated rings.